The molecule has 0 fully saturated rings. The highest BCUT2D eigenvalue weighted by atomic mass is 32.2. The van der Waals surface area contributed by atoms with E-state index in [1.165, 1.54) is 8.61 Å². The zero-order valence-electron chi connectivity index (χ0n) is 34.9. The van der Waals surface area contributed by atoms with Crippen molar-refractivity contribution in [3.05, 3.63) is 168 Å². The summed E-state index contributed by atoms with van der Waals surface area (Å²) in [5.41, 5.74) is 5.01. The molecule has 0 aromatic heterocycles. The van der Waals surface area contributed by atoms with Crippen LogP contribution in [-0.2, 0) is 46.3 Å². The van der Waals surface area contributed by atoms with E-state index in [1.54, 1.807) is 24.3 Å². The lowest BCUT2D eigenvalue weighted by Crippen LogP contribution is -2.36. The molecule has 0 saturated heterocycles. The van der Waals surface area contributed by atoms with E-state index in [-0.39, 0.29) is 55.6 Å². The van der Waals surface area contributed by atoms with Crippen LogP contribution >= 0.6 is 0 Å². The predicted molar refractivity (Wildman–Crippen MR) is 244 cm³/mol. The largest absolute Gasteiger partial charge is 0.489 e. The summed E-state index contributed by atoms with van der Waals surface area (Å²) < 4.78 is 76.4. The number of benzene rings is 7. The van der Waals surface area contributed by atoms with E-state index in [2.05, 4.69) is 0 Å². The first-order valence-electron chi connectivity index (χ1n) is 20.3. The minimum absolute atomic E-state index is 0.00235. The number of hydrogen-bond donors (Lipinski definition) is 0. The quantitative estimate of drug-likeness (QED) is 0.164. The van der Waals surface area contributed by atoms with Crippen LogP contribution in [0.4, 0.5) is 11.4 Å². The normalized spacial score (nSPS) is 14.8. The van der Waals surface area contributed by atoms with Gasteiger partial charge in [-0.3, -0.25) is 0 Å². The Balaban J connectivity index is 1.25. The van der Waals surface area contributed by atoms with Gasteiger partial charge < -0.3 is 19.3 Å². The molecule has 2 bridgehead atoms. The molecule has 1 aliphatic rings. The van der Waals surface area contributed by atoms with Gasteiger partial charge in [0.15, 0.2) is 0 Å². The maximum Gasteiger partial charge on any atom is 0.243 e. The molecular formula is C49H50N4O6S2. The molecule has 8 rings (SSSR count). The lowest BCUT2D eigenvalue weighted by Gasteiger charge is -2.28. The van der Waals surface area contributed by atoms with Gasteiger partial charge in [-0.2, -0.15) is 8.61 Å². The van der Waals surface area contributed by atoms with E-state index in [9.17, 15) is 0 Å². The van der Waals surface area contributed by atoms with Gasteiger partial charge in [-0.1, -0.05) is 103 Å². The molecule has 0 unspecified atom stereocenters. The highest BCUT2D eigenvalue weighted by molar-refractivity contribution is 7.89. The molecule has 0 spiro atoms. The van der Waals surface area contributed by atoms with Crippen molar-refractivity contribution in [3.63, 3.8) is 0 Å². The molecule has 1 heterocycles. The van der Waals surface area contributed by atoms with Gasteiger partial charge in [0.1, 0.15) is 24.7 Å². The topological polar surface area (TPSA) is 99.7 Å². The molecule has 0 radical (unpaired) electrons. The fourth-order valence-electron chi connectivity index (χ4n) is 8.09. The number of nitrogens with zero attached hydrogens (tertiary/aromatic N) is 4. The third-order valence-corrected chi connectivity index (χ3v) is 15.0. The Morgan fingerprint density at radius 1 is 0.459 bits per heavy atom. The molecule has 0 N–H and O–H groups in total. The van der Waals surface area contributed by atoms with Crippen LogP contribution in [0.25, 0.3) is 21.5 Å². The first-order valence-corrected chi connectivity index (χ1v) is 23.2. The smallest absolute Gasteiger partial charge is 0.243 e. The van der Waals surface area contributed by atoms with Gasteiger partial charge in [-0.15, -0.1) is 0 Å². The van der Waals surface area contributed by atoms with Crippen molar-refractivity contribution in [2.24, 2.45) is 0 Å². The van der Waals surface area contributed by atoms with Gasteiger partial charge in [0.25, 0.3) is 0 Å². The van der Waals surface area contributed by atoms with E-state index in [0.29, 0.717) is 33.4 Å². The highest BCUT2D eigenvalue weighted by Gasteiger charge is 2.31. The van der Waals surface area contributed by atoms with Crippen LogP contribution in [0.2, 0.25) is 0 Å². The van der Waals surface area contributed by atoms with Crippen LogP contribution in [0, 0.1) is 0 Å². The molecule has 12 heteroatoms. The van der Waals surface area contributed by atoms with E-state index < -0.39 is 20.0 Å². The number of hydrogen-bond acceptors (Lipinski definition) is 8. The molecule has 0 amide bonds. The Bertz CT molecular complexity index is 2740. The molecule has 61 heavy (non-hydrogen) atoms. The van der Waals surface area contributed by atoms with Crippen LogP contribution in [0.1, 0.15) is 28.7 Å². The predicted octanol–water partition coefficient (Wildman–Crippen LogP) is 9.07. The fraction of sp³-hybridized carbons (Fsp3) is 0.224. The maximum absolute atomic E-state index is 15.1. The minimum Gasteiger partial charge on any atom is -0.489 e. The van der Waals surface area contributed by atoms with Gasteiger partial charge in [0.2, 0.25) is 20.0 Å². The molecule has 1 aliphatic heterocycles. The van der Waals surface area contributed by atoms with Crippen LogP contribution < -0.4 is 19.3 Å². The number of rotatable bonds is 6. The zero-order chi connectivity index (χ0) is 42.7. The zero-order valence-corrected chi connectivity index (χ0v) is 36.5. The summed E-state index contributed by atoms with van der Waals surface area (Å²) >= 11 is 0. The third-order valence-electron chi connectivity index (χ3n) is 11.2. The van der Waals surface area contributed by atoms with Crippen molar-refractivity contribution < 1.29 is 26.3 Å². The van der Waals surface area contributed by atoms with Crippen molar-refractivity contribution in [1.29, 1.82) is 0 Å². The number of ether oxygens (including phenoxy) is 2. The summed E-state index contributed by atoms with van der Waals surface area (Å²) in [5.74, 6) is 1.12. The van der Waals surface area contributed by atoms with Crippen molar-refractivity contribution in [3.8, 4) is 11.5 Å². The second kappa shape index (κ2) is 17.6. The van der Waals surface area contributed by atoms with Crippen molar-refractivity contribution in [2.45, 2.75) is 42.5 Å². The monoisotopic (exact) mass is 854 g/mol. The average molecular weight is 855 g/mol. The van der Waals surface area contributed by atoms with E-state index >= 15 is 16.8 Å². The molecule has 7 aromatic rings. The lowest BCUT2D eigenvalue weighted by atomic mass is 10.1. The van der Waals surface area contributed by atoms with Crippen molar-refractivity contribution >= 4 is 53.0 Å². The Labute approximate surface area is 359 Å². The number of para-hydroxylation sites is 2. The first kappa shape index (κ1) is 41.8. The summed E-state index contributed by atoms with van der Waals surface area (Å²) in [5, 5.41) is 2.83. The van der Waals surface area contributed by atoms with Crippen LogP contribution in [0.3, 0.4) is 0 Å². The second-order valence-corrected chi connectivity index (χ2v) is 19.5. The van der Waals surface area contributed by atoms with Crippen molar-refractivity contribution in [2.75, 3.05) is 51.1 Å². The summed E-state index contributed by atoms with van der Waals surface area (Å²) in [4.78, 5) is 4.28. The standard InChI is InChI=1S/C49H50N4O6S2/c1-50(2)44-23-10-21-42-40(44)19-12-27-48(42)60(54,55)52-29-14-30-53(61(56,57)49-28-13-20-41-43(49)22-11-24-45(41)51(3)4)33-39-18-6-8-26-47(39)59-35-37-16-9-15-36(31-37)34-58-46-25-7-5-17-38(46)32-52/h5-13,15-28,31H,14,29-30,32-35H2,1-4H3. The number of anilines is 2. The Morgan fingerprint density at radius 2 is 0.852 bits per heavy atom. The molecule has 0 aliphatic carbocycles. The van der Waals surface area contributed by atoms with Gasteiger partial charge in [-0.25, -0.2) is 16.8 Å². The van der Waals surface area contributed by atoms with Gasteiger partial charge in [0, 0.05) is 98.4 Å². The average Bonchev–Trinajstić information content (AvgIpc) is 3.26. The lowest BCUT2D eigenvalue weighted by molar-refractivity contribution is 0.288. The van der Waals surface area contributed by atoms with Crippen LogP contribution in [0.15, 0.2) is 155 Å². The maximum atomic E-state index is 15.1. The summed E-state index contributed by atoms with van der Waals surface area (Å²) in [6.45, 7) is 0.578. The summed E-state index contributed by atoms with van der Waals surface area (Å²) in [6, 6.07) is 44.9. The van der Waals surface area contributed by atoms with Gasteiger partial charge >= 0.3 is 0 Å². The van der Waals surface area contributed by atoms with Crippen LogP contribution in [0.5, 0.6) is 11.5 Å². The van der Waals surface area contributed by atoms with E-state index in [1.807, 2.05) is 159 Å². The first-order chi connectivity index (χ1) is 29.4. The number of sulfonamides is 2. The Morgan fingerprint density at radius 3 is 1.30 bits per heavy atom. The summed E-state index contributed by atoms with van der Waals surface area (Å²) in [7, 11) is -0.620. The summed E-state index contributed by atoms with van der Waals surface area (Å²) in [6.07, 6.45) is 0.191. The highest BCUT2D eigenvalue weighted by Crippen LogP contribution is 2.36. The van der Waals surface area contributed by atoms with E-state index in [0.717, 1.165) is 33.3 Å². The SMILES string of the molecule is CN(C)c1cccc2c(S(=O)(=O)N3CCCN(S(=O)(=O)c4cccc5c(N(C)C)cccc45)Cc4ccccc4OCc4cccc(c4)COc4ccccc4C3)cccc12. The molecule has 314 valence electrons. The molecule has 0 saturated carbocycles. The fourth-order valence-corrected chi connectivity index (χ4v) is 11.4. The van der Waals surface area contributed by atoms with Crippen molar-refractivity contribution in [1.82, 2.24) is 8.61 Å². The second-order valence-electron chi connectivity index (χ2n) is 15.7. The van der Waals surface area contributed by atoms with E-state index in [4.69, 9.17) is 9.47 Å². The Kier molecular flexibility index (Phi) is 12.1. The van der Waals surface area contributed by atoms with Gasteiger partial charge in [0.05, 0.1) is 9.79 Å². The Hall–Kier alpha value is -5.92. The number of fused-ring (bicyclic) bond motifs is 6. The molecular weight excluding hydrogens is 805 g/mol. The molecule has 7 aromatic carbocycles. The third kappa shape index (κ3) is 8.67. The minimum atomic E-state index is -4.17. The molecule has 10 nitrogen and oxygen atoms in total. The van der Waals surface area contributed by atoms with Crippen LogP contribution in [-0.4, -0.2) is 66.7 Å². The molecule has 0 atom stereocenters. The van der Waals surface area contributed by atoms with Gasteiger partial charge in [-0.05, 0) is 60.0 Å².